The molecule has 2 N–H and O–H groups in total. The average Bonchev–Trinajstić information content (AvgIpc) is 3.06. The molecule has 0 radical (unpaired) electrons. The molecule has 0 spiro atoms. The Morgan fingerprint density at radius 3 is 2.58 bits per heavy atom. The third kappa shape index (κ3) is 4.43. The van der Waals surface area contributed by atoms with Gasteiger partial charge in [0.05, 0.1) is 11.5 Å². The Balaban J connectivity index is 1.78. The van der Waals surface area contributed by atoms with E-state index in [4.69, 9.17) is 5.11 Å². The SMILES string of the molecule is CN(CCC(NC1CC1)C(=O)O)C1CCS(=O)(=O)C1. The first-order chi connectivity index (χ1) is 8.87. The Morgan fingerprint density at radius 2 is 2.11 bits per heavy atom. The maximum Gasteiger partial charge on any atom is 0.320 e. The average molecular weight is 290 g/mol. The molecule has 2 fully saturated rings. The third-order valence-electron chi connectivity index (χ3n) is 3.91. The summed E-state index contributed by atoms with van der Waals surface area (Å²) in [5.41, 5.74) is 0. The Bertz CT molecular complexity index is 433. The number of nitrogens with one attached hydrogen (secondary N) is 1. The Hall–Kier alpha value is -0.660. The maximum atomic E-state index is 11.4. The van der Waals surface area contributed by atoms with E-state index in [9.17, 15) is 13.2 Å². The number of nitrogens with zero attached hydrogens (tertiary/aromatic N) is 1. The van der Waals surface area contributed by atoms with E-state index in [0.717, 1.165) is 12.8 Å². The summed E-state index contributed by atoms with van der Waals surface area (Å²) in [6.45, 7) is 0.608. The molecule has 2 aliphatic rings. The van der Waals surface area contributed by atoms with E-state index in [1.54, 1.807) is 0 Å². The molecule has 2 rings (SSSR count). The van der Waals surface area contributed by atoms with Crippen molar-refractivity contribution in [1.29, 1.82) is 0 Å². The number of carbonyl (C=O) groups is 1. The van der Waals surface area contributed by atoms with Crippen LogP contribution in [0.3, 0.4) is 0 Å². The van der Waals surface area contributed by atoms with Crippen molar-refractivity contribution in [3.05, 3.63) is 0 Å². The standard InChI is InChI=1S/C12H22N2O4S/c1-14(10-5-7-19(17,18)8-10)6-4-11(12(15)16)13-9-2-3-9/h9-11,13H,2-8H2,1H3,(H,15,16). The summed E-state index contributed by atoms with van der Waals surface area (Å²) in [6, 6.07) is -0.119. The number of sulfone groups is 1. The van der Waals surface area contributed by atoms with Crippen LogP contribution < -0.4 is 5.32 Å². The zero-order valence-corrected chi connectivity index (χ0v) is 12.0. The monoisotopic (exact) mass is 290 g/mol. The highest BCUT2D eigenvalue weighted by Gasteiger charge is 2.32. The van der Waals surface area contributed by atoms with Crippen molar-refractivity contribution < 1.29 is 18.3 Å². The van der Waals surface area contributed by atoms with Crippen molar-refractivity contribution in [2.24, 2.45) is 0 Å². The van der Waals surface area contributed by atoms with Gasteiger partial charge in [-0.2, -0.15) is 0 Å². The second-order valence-corrected chi connectivity index (χ2v) is 7.89. The molecule has 0 aromatic heterocycles. The Labute approximate surface area is 114 Å². The fourth-order valence-corrected chi connectivity index (χ4v) is 4.26. The van der Waals surface area contributed by atoms with Gasteiger partial charge in [-0.1, -0.05) is 0 Å². The van der Waals surface area contributed by atoms with Gasteiger partial charge in [-0.3, -0.25) is 4.79 Å². The summed E-state index contributed by atoms with van der Waals surface area (Å²) in [7, 11) is -1.00. The number of aliphatic carboxylic acids is 1. The predicted molar refractivity (Wildman–Crippen MR) is 71.9 cm³/mol. The molecule has 2 atom stereocenters. The van der Waals surface area contributed by atoms with Crippen molar-refractivity contribution >= 4 is 15.8 Å². The first kappa shape index (κ1) is 14.7. The molecule has 110 valence electrons. The van der Waals surface area contributed by atoms with Crippen LogP contribution in [-0.2, 0) is 14.6 Å². The number of hydrogen-bond acceptors (Lipinski definition) is 5. The maximum absolute atomic E-state index is 11.4. The van der Waals surface area contributed by atoms with Crippen LogP contribution in [0.4, 0.5) is 0 Å². The Morgan fingerprint density at radius 1 is 1.42 bits per heavy atom. The lowest BCUT2D eigenvalue weighted by molar-refractivity contribution is -0.139. The highest BCUT2D eigenvalue weighted by atomic mass is 32.2. The molecule has 1 saturated heterocycles. The van der Waals surface area contributed by atoms with E-state index < -0.39 is 21.8 Å². The van der Waals surface area contributed by atoms with Gasteiger partial charge in [0.2, 0.25) is 0 Å². The molecular weight excluding hydrogens is 268 g/mol. The largest absolute Gasteiger partial charge is 0.480 e. The van der Waals surface area contributed by atoms with Crippen LogP contribution in [0, 0.1) is 0 Å². The van der Waals surface area contributed by atoms with Crippen molar-refractivity contribution in [2.75, 3.05) is 25.1 Å². The zero-order valence-electron chi connectivity index (χ0n) is 11.2. The lowest BCUT2D eigenvalue weighted by Crippen LogP contribution is -2.42. The van der Waals surface area contributed by atoms with E-state index in [1.165, 1.54) is 0 Å². The van der Waals surface area contributed by atoms with Gasteiger partial charge < -0.3 is 15.3 Å². The molecule has 0 bridgehead atoms. The second-order valence-electron chi connectivity index (χ2n) is 5.66. The third-order valence-corrected chi connectivity index (χ3v) is 5.66. The van der Waals surface area contributed by atoms with Crippen molar-refractivity contribution in [2.45, 2.75) is 43.8 Å². The topological polar surface area (TPSA) is 86.7 Å². The Kier molecular flexibility index (Phi) is 4.47. The van der Waals surface area contributed by atoms with Crippen molar-refractivity contribution in [3.8, 4) is 0 Å². The zero-order chi connectivity index (χ0) is 14.0. The van der Waals surface area contributed by atoms with E-state index >= 15 is 0 Å². The van der Waals surface area contributed by atoms with Crippen molar-refractivity contribution in [1.82, 2.24) is 10.2 Å². The predicted octanol–water partition coefficient (Wildman–Crippen LogP) is -0.299. The van der Waals surface area contributed by atoms with Gasteiger partial charge in [-0.15, -0.1) is 0 Å². The van der Waals surface area contributed by atoms with E-state index in [-0.39, 0.29) is 17.5 Å². The molecule has 7 heteroatoms. The summed E-state index contributed by atoms with van der Waals surface area (Å²) in [4.78, 5) is 13.1. The van der Waals surface area contributed by atoms with Gasteiger partial charge in [0.25, 0.3) is 0 Å². The van der Waals surface area contributed by atoms with Crippen LogP contribution in [-0.4, -0.2) is 67.6 Å². The summed E-state index contributed by atoms with van der Waals surface area (Å²) in [5.74, 6) is -0.360. The molecular formula is C12H22N2O4S. The van der Waals surface area contributed by atoms with Crippen LogP contribution >= 0.6 is 0 Å². The summed E-state index contributed by atoms with van der Waals surface area (Å²) in [6.07, 6.45) is 3.28. The lowest BCUT2D eigenvalue weighted by Gasteiger charge is -2.24. The molecule has 1 saturated carbocycles. The lowest BCUT2D eigenvalue weighted by atomic mass is 10.1. The summed E-state index contributed by atoms with van der Waals surface area (Å²) >= 11 is 0. The highest BCUT2D eigenvalue weighted by molar-refractivity contribution is 7.91. The van der Waals surface area contributed by atoms with E-state index in [2.05, 4.69) is 5.32 Å². The van der Waals surface area contributed by atoms with Crippen LogP contribution in [0.25, 0.3) is 0 Å². The molecule has 6 nitrogen and oxygen atoms in total. The molecule has 19 heavy (non-hydrogen) atoms. The van der Waals surface area contributed by atoms with Gasteiger partial charge in [0, 0.05) is 18.6 Å². The minimum Gasteiger partial charge on any atom is -0.480 e. The smallest absolute Gasteiger partial charge is 0.320 e. The second kappa shape index (κ2) is 5.76. The van der Waals surface area contributed by atoms with Gasteiger partial charge in [0.1, 0.15) is 6.04 Å². The van der Waals surface area contributed by atoms with E-state index in [0.29, 0.717) is 25.4 Å². The van der Waals surface area contributed by atoms with Gasteiger partial charge in [0.15, 0.2) is 9.84 Å². The number of hydrogen-bond donors (Lipinski definition) is 2. The minimum atomic E-state index is -2.88. The first-order valence-electron chi connectivity index (χ1n) is 6.77. The molecule has 1 aliphatic carbocycles. The minimum absolute atomic E-state index is 0.0420. The molecule has 1 heterocycles. The van der Waals surface area contributed by atoms with Gasteiger partial charge in [-0.05, 0) is 32.7 Å². The fourth-order valence-electron chi connectivity index (χ4n) is 2.45. The van der Waals surface area contributed by atoms with Gasteiger partial charge >= 0.3 is 5.97 Å². The first-order valence-corrected chi connectivity index (χ1v) is 8.59. The van der Waals surface area contributed by atoms with E-state index in [1.807, 2.05) is 11.9 Å². The number of carboxylic acids is 1. The van der Waals surface area contributed by atoms with Crippen molar-refractivity contribution in [3.63, 3.8) is 0 Å². The number of carboxylic acid groups (broad SMARTS) is 1. The molecule has 0 aromatic carbocycles. The fraction of sp³-hybridized carbons (Fsp3) is 0.917. The molecule has 0 aromatic rings. The number of rotatable bonds is 7. The van der Waals surface area contributed by atoms with Crippen LogP contribution in [0.5, 0.6) is 0 Å². The summed E-state index contributed by atoms with van der Waals surface area (Å²) < 4.78 is 22.8. The summed E-state index contributed by atoms with van der Waals surface area (Å²) in [5, 5.41) is 12.2. The quantitative estimate of drug-likeness (QED) is 0.669. The molecule has 1 aliphatic heterocycles. The highest BCUT2D eigenvalue weighted by Crippen LogP contribution is 2.21. The molecule has 2 unspecified atom stereocenters. The van der Waals surface area contributed by atoms with Crippen LogP contribution in [0.15, 0.2) is 0 Å². The normalized spacial score (nSPS) is 27.6. The molecule has 0 amide bonds. The van der Waals surface area contributed by atoms with Crippen LogP contribution in [0.1, 0.15) is 25.7 Å². The van der Waals surface area contributed by atoms with Gasteiger partial charge in [-0.25, -0.2) is 8.42 Å². The van der Waals surface area contributed by atoms with Crippen LogP contribution in [0.2, 0.25) is 0 Å².